The van der Waals surface area contributed by atoms with Crippen molar-refractivity contribution in [1.82, 2.24) is 0 Å². The van der Waals surface area contributed by atoms with Crippen molar-refractivity contribution in [2.75, 3.05) is 46.2 Å². The lowest BCUT2D eigenvalue weighted by atomic mass is 9.74. The third-order valence-corrected chi connectivity index (χ3v) is 6.81. The summed E-state index contributed by atoms with van der Waals surface area (Å²) in [5, 5.41) is 0. The Morgan fingerprint density at radius 3 is 2.14 bits per heavy atom. The lowest BCUT2D eigenvalue weighted by Gasteiger charge is -2.32. The van der Waals surface area contributed by atoms with Crippen LogP contribution in [0.25, 0.3) is 0 Å². The molecule has 4 saturated heterocycles. The van der Waals surface area contributed by atoms with Crippen molar-refractivity contribution in [2.45, 2.75) is 75.8 Å². The fourth-order valence-electron chi connectivity index (χ4n) is 4.41. The van der Waals surface area contributed by atoms with Gasteiger partial charge in [0.2, 0.25) is 0 Å². The summed E-state index contributed by atoms with van der Waals surface area (Å²) in [6.07, 6.45) is 7.13. The normalized spacial score (nSPS) is 39.1. The molecule has 5 aliphatic rings. The molecule has 7 nitrogen and oxygen atoms in total. The van der Waals surface area contributed by atoms with Gasteiger partial charge in [0.25, 0.3) is 0 Å². The highest BCUT2D eigenvalue weighted by molar-refractivity contribution is 5.05. The third-order valence-electron chi connectivity index (χ3n) is 6.81. The zero-order valence-corrected chi connectivity index (χ0v) is 17.5. The molecule has 0 bridgehead atoms. The fraction of sp³-hybridized carbons (Fsp3) is 0.955. The predicted molar refractivity (Wildman–Crippen MR) is 103 cm³/mol. The molecule has 0 amide bonds. The van der Waals surface area contributed by atoms with E-state index in [0.29, 0.717) is 50.0 Å². The highest BCUT2D eigenvalue weighted by Crippen LogP contribution is 2.45. The molecule has 1 saturated carbocycles. The van der Waals surface area contributed by atoms with Crippen molar-refractivity contribution < 1.29 is 33.2 Å². The van der Waals surface area contributed by atoms with Crippen LogP contribution < -0.4 is 0 Å². The molecule has 4 aliphatic heterocycles. The van der Waals surface area contributed by atoms with Gasteiger partial charge in [-0.15, -0.1) is 0 Å². The summed E-state index contributed by atoms with van der Waals surface area (Å²) < 4.78 is 39.6. The molecule has 1 aliphatic carbocycles. The molecule has 7 atom stereocenters. The number of fused-ring (bicyclic) bond motifs is 1. The van der Waals surface area contributed by atoms with Crippen LogP contribution in [0.1, 0.15) is 39.0 Å². The zero-order chi connectivity index (χ0) is 19.6. The average Bonchev–Trinajstić information content (AvgIpc) is 3.53. The van der Waals surface area contributed by atoms with E-state index in [-0.39, 0.29) is 18.5 Å². The van der Waals surface area contributed by atoms with E-state index in [0.717, 1.165) is 39.3 Å². The first-order valence-corrected chi connectivity index (χ1v) is 11.4. The maximum Gasteiger partial charge on any atom is 0.157 e. The molecule has 0 N–H and O–H groups in total. The van der Waals surface area contributed by atoms with E-state index in [1.165, 1.54) is 19.3 Å². The Labute approximate surface area is 173 Å². The minimum Gasteiger partial charge on any atom is -0.378 e. The molecular weight excluding hydrogens is 376 g/mol. The van der Waals surface area contributed by atoms with Gasteiger partial charge in [0.15, 0.2) is 6.29 Å². The van der Waals surface area contributed by atoms with E-state index in [1.807, 2.05) is 0 Å². The molecule has 0 aromatic rings. The summed E-state index contributed by atoms with van der Waals surface area (Å²) in [7, 11) is 0. The van der Waals surface area contributed by atoms with Crippen LogP contribution in [0.4, 0.5) is 0 Å². The van der Waals surface area contributed by atoms with Crippen LogP contribution in [0.15, 0.2) is 0 Å². The molecule has 0 spiro atoms. The van der Waals surface area contributed by atoms with E-state index in [9.17, 15) is 0 Å². The molecule has 165 valence electrons. The van der Waals surface area contributed by atoms with Crippen LogP contribution in [-0.4, -0.2) is 83.1 Å². The first-order valence-electron chi connectivity index (χ1n) is 11.4. The van der Waals surface area contributed by atoms with Crippen molar-refractivity contribution in [2.24, 2.45) is 11.8 Å². The van der Waals surface area contributed by atoms with Crippen LogP contribution in [-0.2, 0) is 33.2 Å². The molecule has 7 heteroatoms. The Balaban J connectivity index is 1.12. The zero-order valence-electron chi connectivity index (χ0n) is 17.5. The predicted octanol–water partition coefficient (Wildman–Crippen LogP) is 2.12. The number of hydrogen-bond donors (Lipinski definition) is 0. The van der Waals surface area contributed by atoms with Crippen LogP contribution in [0.5, 0.6) is 0 Å². The summed E-state index contributed by atoms with van der Waals surface area (Å²) in [5.41, 5.74) is 0. The number of rotatable bonds is 15. The van der Waals surface area contributed by atoms with Gasteiger partial charge in [0.1, 0.15) is 18.3 Å². The van der Waals surface area contributed by atoms with E-state index in [2.05, 4.69) is 6.92 Å². The van der Waals surface area contributed by atoms with Crippen molar-refractivity contribution >= 4 is 0 Å². The SMILES string of the molecule is C[C](C(CCC(OCC1CO1)OCC1CO1)COCC1CO1)C1CCC2OC2C1. The molecule has 0 aromatic carbocycles. The molecule has 7 unspecified atom stereocenters. The summed E-state index contributed by atoms with van der Waals surface area (Å²) in [6, 6.07) is 0. The Kier molecular flexibility index (Phi) is 6.73. The van der Waals surface area contributed by atoms with Crippen molar-refractivity contribution in [1.29, 1.82) is 0 Å². The summed E-state index contributed by atoms with van der Waals surface area (Å²) >= 11 is 0. The Morgan fingerprint density at radius 1 is 0.862 bits per heavy atom. The van der Waals surface area contributed by atoms with Crippen LogP contribution in [0.3, 0.4) is 0 Å². The van der Waals surface area contributed by atoms with E-state index in [1.54, 1.807) is 5.92 Å². The molecule has 4 heterocycles. The standard InChI is InChI=1S/C22H35O7/c1-14(15-2-4-20-21(6-15)29-20)16(7-23-8-17-9-24-17)3-5-22(27-12-18-10-25-18)28-13-19-11-26-19/h15-22H,2-13H2,1H3. The van der Waals surface area contributed by atoms with Crippen LogP contribution in [0, 0.1) is 17.8 Å². The number of ether oxygens (including phenoxy) is 7. The number of epoxide rings is 4. The minimum atomic E-state index is -0.201. The maximum atomic E-state index is 6.02. The van der Waals surface area contributed by atoms with Gasteiger partial charge < -0.3 is 33.2 Å². The van der Waals surface area contributed by atoms with Gasteiger partial charge >= 0.3 is 0 Å². The van der Waals surface area contributed by atoms with Gasteiger partial charge in [0.05, 0.1) is 58.5 Å². The first kappa shape index (κ1) is 20.6. The molecular formula is C22H35O7. The molecule has 1 radical (unpaired) electrons. The van der Waals surface area contributed by atoms with Crippen molar-refractivity contribution in [3.8, 4) is 0 Å². The fourth-order valence-corrected chi connectivity index (χ4v) is 4.41. The topological polar surface area (TPSA) is 77.8 Å². The summed E-state index contributed by atoms with van der Waals surface area (Å²) in [5.74, 6) is 2.62. The summed E-state index contributed by atoms with van der Waals surface area (Å²) in [6.45, 7) is 7.45. The van der Waals surface area contributed by atoms with Crippen LogP contribution in [0.2, 0.25) is 0 Å². The lowest BCUT2D eigenvalue weighted by molar-refractivity contribution is -0.153. The van der Waals surface area contributed by atoms with E-state index >= 15 is 0 Å². The Bertz CT molecular complexity index is 503. The smallest absolute Gasteiger partial charge is 0.157 e. The van der Waals surface area contributed by atoms with Gasteiger partial charge in [-0.25, -0.2) is 0 Å². The van der Waals surface area contributed by atoms with Gasteiger partial charge in [-0.2, -0.15) is 0 Å². The van der Waals surface area contributed by atoms with Gasteiger partial charge in [0, 0.05) is 0 Å². The van der Waals surface area contributed by atoms with Gasteiger partial charge in [-0.05, 0) is 49.9 Å². The second-order valence-corrected chi connectivity index (χ2v) is 9.24. The van der Waals surface area contributed by atoms with Crippen LogP contribution >= 0.6 is 0 Å². The molecule has 0 aromatic heterocycles. The van der Waals surface area contributed by atoms with E-state index < -0.39 is 0 Å². The lowest BCUT2D eigenvalue weighted by Crippen LogP contribution is -2.29. The van der Waals surface area contributed by atoms with Gasteiger partial charge in [-0.1, -0.05) is 6.92 Å². The highest BCUT2D eigenvalue weighted by Gasteiger charge is 2.46. The Morgan fingerprint density at radius 2 is 1.52 bits per heavy atom. The monoisotopic (exact) mass is 411 g/mol. The maximum absolute atomic E-state index is 6.02. The third kappa shape index (κ3) is 6.60. The molecule has 29 heavy (non-hydrogen) atoms. The minimum absolute atomic E-state index is 0.201. The number of hydrogen-bond acceptors (Lipinski definition) is 7. The summed E-state index contributed by atoms with van der Waals surface area (Å²) in [4.78, 5) is 0. The second kappa shape index (κ2) is 9.47. The van der Waals surface area contributed by atoms with Crippen molar-refractivity contribution in [3.63, 3.8) is 0 Å². The first-order chi connectivity index (χ1) is 14.2. The molecule has 5 rings (SSSR count). The average molecular weight is 412 g/mol. The molecule has 5 fully saturated rings. The Hall–Kier alpha value is -0.280. The largest absolute Gasteiger partial charge is 0.378 e. The quantitative estimate of drug-likeness (QED) is 0.302. The highest BCUT2D eigenvalue weighted by atomic mass is 16.7. The van der Waals surface area contributed by atoms with E-state index in [4.69, 9.17) is 33.2 Å². The van der Waals surface area contributed by atoms with Gasteiger partial charge in [-0.3, -0.25) is 0 Å². The van der Waals surface area contributed by atoms with Crippen molar-refractivity contribution in [3.05, 3.63) is 5.92 Å². The second-order valence-electron chi connectivity index (χ2n) is 9.24.